The second kappa shape index (κ2) is 5.05. The largest absolute Gasteiger partial charge is 0.508 e. The first-order chi connectivity index (χ1) is 7.74. The molecule has 0 spiro atoms. The van der Waals surface area contributed by atoms with E-state index in [1.165, 1.54) is 0 Å². The van der Waals surface area contributed by atoms with Crippen molar-refractivity contribution in [3.8, 4) is 0 Å². The second-order valence-electron chi connectivity index (χ2n) is 3.89. The third-order valence-electron chi connectivity index (χ3n) is 2.60. The fourth-order valence-electron chi connectivity index (χ4n) is 1.76. The molecule has 0 aromatic rings. The predicted molar refractivity (Wildman–Crippen MR) is 50.9 cm³/mol. The molecule has 2 aliphatic heterocycles. The Morgan fingerprint density at radius 3 is 1.62 bits per heavy atom. The Hall–Kier alpha value is -1.46. The van der Waals surface area contributed by atoms with Crippen molar-refractivity contribution in [1.29, 1.82) is 0 Å². The molecule has 0 radical (unpaired) electrons. The lowest BCUT2D eigenvalue weighted by Crippen LogP contribution is -2.12. The van der Waals surface area contributed by atoms with Gasteiger partial charge in [0, 0.05) is 0 Å². The zero-order valence-corrected chi connectivity index (χ0v) is 8.85. The summed E-state index contributed by atoms with van der Waals surface area (Å²) in [6.45, 7) is 0.695. The minimum Gasteiger partial charge on any atom is -0.430 e. The number of hydrogen-bond acceptors (Lipinski definition) is 6. The van der Waals surface area contributed by atoms with Crippen molar-refractivity contribution in [2.75, 3.05) is 13.2 Å². The van der Waals surface area contributed by atoms with E-state index in [1.54, 1.807) is 0 Å². The molecular weight excluding hydrogens is 216 g/mol. The van der Waals surface area contributed by atoms with Crippen LogP contribution in [0.5, 0.6) is 0 Å². The van der Waals surface area contributed by atoms with Crippen molar-refractivity contribution < 1.29 is 28.5 Å². The van der Waals surface area contributed by atoms with Gasteiger partial charge in [0.25, 0.3) is 0 Å². The van der Waals surface area contributed by atoms with Crippen molar-refractivity contribution in [1.82, 2.24) is 0 Å². The molecule has 6 heteroatoms. The first kappa shape index (κ1) is 11.0. The van der Waals surface area contributed by atoms with Crippen LogP contribution in [0.3, 0.4) is 0 Å². The van der Waals surface area contributed by atoms with Crippen LogP contribution < -0.4 is 0 Å². The van der Waals surface area contributed by atoms with Gasteiger partial charge in [-0.05, 0) is 25.7 Å². The number of unbranched alkanes of at least 4 members (excludes halogenated alkanes) is 1. The Bertz CT molecular complexity index is 248. The molecule has 2 fully saturated rings. The zero-order valence-electron chi connectivity index (χ0n) is 8.85. The van der Waals surface area contributed by atoms with Gasteiger partial charge in [-0.1, -0.05) is 0 Å². The maximum Gasteiger partial charge on any atom is 0.508 e. The predicted octanol–water partition coefficient (Wildman–Crippen LogP) is 1.62. The van der Waals surface area contributed by atoms with E-state index in [1.807, 2.05) is 0 Å². The maximum atomic E-state index is 10.6. The molecule has 0 saturated carbocycles. The van der Waals surface area contributed by atoms with Gasteiger partial charge in [0.05, 0.1) is 0 Å². The van der Waals surface area contributed by atoms with Gasteiger partial charge in [0.1, 0.15) is 25.4 Å². The van der Waals surface area contributed by atoms with E-state index in [9.17, 15) is 9.59 Å². The van der Waals surface area contributed by atoms with Gasteiger partial charge in [-0.25, -0.2) is 9.59 Å². The quantitative estimate of drug-likeness (QED) is 0.528. The maximum absolute atomic E-state index is 10.6. The Labute approximate surface area is 92.8 Å². The molecule has 2 aliphatic rings. The lowest BCUT2D eigenvalue weighted by molar-refractivity contribution is 0.110. The molecule has 0 N–H and O–H groups in total. The fraction of sp³-hybridized carbons (Fsp3) is 0.800. The van der Waals surface area contributed by atoms with Crippen LogP contribution in [0.15, 0.2) is 0 Å². The van der Waals surface area contributed by atoms with Crippen molar-refractivity contribution in [2.24, 2.45) is 0 Å². The lowest BCUT2D eigenvalue weighted by Gasteiger charge is -2.07. The summed E-state index contributed by atoms with van der Waals surface area (Å²) >= 11 is 0. The summed E-state index contributed by atoms with van der Waals surface area (Å²) in [4.78, 5) is 21.2. The summed E-state index contributed by atoms with van der Waals surface area (Å²) < 4.78 is 19.1. The molecule has 90 valence electrons. The summed E-state index contributed by atoms with van der Waals surface area (Å²) in [7, 11) is 0. The fourth-order valence-corrected chi connectivity index (χ4v) is 1.76. The highest BCUT2D eigenvalue weighted by Gasteiger charge is 2.26. The molecule has 16 heavy (non-hydrogen) atoms. The van der Waals surface area contributed by atoms with Gasteiger partial charge in [-0.3, -0.25) is 0 Å². The van der Waals surface area contributed by atoms with E-state index >= 15 is 0 Å². The first-order valence-electron chi connectivity index (χ1n) is 5.41. The molecule has 0 aromatic heterocycles. The molecule has 2 rings (SSSR count). The van der Waals surface area contributed by atoms with Crippen molar-refractivity contribution >= 4 is 12.3 Å². The summed E-state index contributed by atoms with van der Waals surface area (Å²) in [5.74, 6) is 0. The number of carbonyl (C=O) groups is 2. The standard InChI is InChI=1S/C10H14O6/c11-9-13-5-7(15-9)3-1-2-4-8-6-14-10(12)16-8/h7-8H,1-6H2. The SMILES string of the molecule is O=C1OCC(CCCCC2COC(=O)O2)O1. The molecule has 2 unspecified atom stereocenters. The molecule has 0 bridgehead atoms. The Morgan fingerprint density at radius 2 is 1.31 bits per heavy atom. The van der Waals surface area contributed by atoms with Gasteiger partial charge in [-0.15, -0.1) is 0 Å². The third-order valence-corrected chi connectivity index (χ3v) is 2.60. The van der Waals surface area contributed by atoms with E-state index in [-0.39, 0.29) is 12.2 Å². The van der Waals surface area contributed by atoms with Crippen LogP contribution in [-0.2, 0) is 18.9 Å². The summed E-state index contributed by atoms with van der Waals surface area (Å²) in [6, 6.07) is 0. The molecule has 2 atom stereocenters. The molecule has 6 nitrogen and oxygen atoms in total. The summed E-state index contributed by atoms with van der Waals surface area (Å²) in [6.07, 6.45) is 2.00. The van der Waals surface area contributed by atoms with E-state index in [0.717, 1.165) is 25.7 Å². The van der Waals surface area contributed by atoms with E-state index < -0.39 is 12.3 Å². The zero-order chi connectivity index (χ0) is 11.4. The lowest BCUT2D eigenvalue weighted by atomic mass is 10.1. The van der Waals surface area contributed by atoms with Crippen LogP contribution in [0.25, 0.3) is 0 Å². The Balaban J connectivity index is 1.52. The van der Waals surface area contributed by atoms with Crippen molar-refractivity contribution in [3.63, 3.8) is 0 Å². The number of hydrogen-bond donors (Lipinski definition) is 0. The highest BCUT2D eigenvalue weighted by molar-refractivity contribution is 5.62. The first-order valence-corrected chi connectivity index (χ1v) is 5.41. The average Bonchev–Trinajstić information content (AvgIpc) is 2.83. The molecular formula is C10H14O6. The second-order valence-corrected chi connectivity index (χ2v) is 3.89. The normalized spacial score (nSPS) is 28.2. The van der Waals surface area contributed by atoms with Crippen molar-refractivity contribution in [2.45, 2.75) is 37.9 Å². The molecule has 0 amide bonds. The van der Waals surface area contributed by atoms with Crippen LogP contribution in [0, 0.1) is 0 Å². The monoisotopic (exact) mass is 230 g/mol. The summed E-state index contributed by atoms with van der Waals surface area (Å²) in [5, 5.41) is 0. The highest BCUT2D eigenvalue weighted by Crippen LogP contribution is 2.17. The molecule has 2 heterocycles. The van der Waals surface area contributed by atoms with Crippen LogP contribution in [-0.4, -0.2) is 37.7 Å². The Kier molecular flexibility index (Phi) is 3.48. The smallest absolute Gasteiger partial charge is 0.430 e. The number of cyclic esters (lactones) is 4. The minimum absolute atomic E-state index is 0.116. The number of carbonyl (C=O) groups excluding carboxylic acids is 2. The van der Waals surface area contributed by atoms with Gasteiger partial charge in [-0.2, -0.15) is 0 Å². The third kappa shape index (κ3) is 3.01. The minimum atomic E-state index is -0.580. The molecule has 2 saturated heterocycles. The topological polar surface area (TPSA) is 71.1 Å². The van der Waals surface area contributed by atoms with E-state index in [2.05, 4.69) is 9.47 Å². The van der Waals surface area contributed by atoms with Crippen LogP contribution >= 0.6 is 0 Å². The summed E-state index contributed by atoms with van der Waals surface area (Å²) in [5.41, 5.74) is 0. The van der Waals surface area contributed by atoms with Gasteiger partial charge in [0.2, 0.25) is 0 Å². The number of ether oxygens (including phenoxy) is 4. The van der Waals surface area contributed by atoms with Gasteiger partial charge >= 0.3 is 12.3 Å². The average molecular weight is 230 g/mol. The van der Waals surface area contributed by atoms with Gasteiger partial charge in [0.15, 0.2) is 0 Å². The van der Waals surface area contributed by atoms with Gasteiger partial charge < -0.3 is 18.9 Å². The number of rotatable bonds is 5. The van der Waals surface area contributed by atoms with Crippen LogP contribution in [0.2, 0.25) is 0 Å². The Morgan fingerprint density at radius 1 is 0.875 bits per heavy atom. The highest BCUT2D eigenvalue weighted by atomic mass is 16.8. The van der Waals surface area contributed by atoms with Crippen molar-refractivity contribution in [3.05, 3.63) is 0 Å². The van der Waals surface area contributed by atoms with Crippen LogP contribution in [0.1, 0.15) is 25.7 Å². The van der Waals surface area contributed by atoms with E-state index in [0.29, 0.717) is 13.2 Å². The molecule has 0 aliphatic carbocycles. The van der Waals surface area contributed by atoms with Crippen LogP contribution in [0.4, 0.5) is 9.59 Å². The van der Waals surface area contributed by atoms with E-state index in [4.69, 9.17) is 9.47 Å². The molecule has 0 aromatic carbocycles.